The first-order valence-electron chi connectivity index (χ1n) is 3.86. The first kappa shape index (κ1) is 9.47. The van der Waals surface area contributed by atoms with Crippen LogP contribution in [-0.2, 0) is 0 Å². The third-order valence-electron chi connectivity index (χ3n) is 1.69. The number of nitrogens with one attached hydrogen (secondary N) is 1. The van der Waals surface area contributed by atoms with E-state index in [2.05, 4.69) is 15.4 Å². The Morgan fingerprint density at radius 3 is 2.92 bits per heavy atom. The molecule has 0 saturated heterocycles. The van der Waals surface area contributed by atoms with Crippen molar-refractivity contribution >= 4 is 11.6 Å². The predicted octanol–water partition coefficient (Wildman–Crippen LogP) is -0.0331. The van der Waals surface area contributed by atoms with Crippen LogP contribution in [0.25, 0.3) is 0 Å². The van der Waals surface area contributed by atoms with Crippen molar-refractivity contribution in [1.82, 2.24) is 10.4 Å². The maximum Gasteiger partial charge on any atom is 0.212 e. The molecule has 5 heteroatoms. The molecule has 0 saturated carbocycles. The number of anilines is 1. The minimum Gasteiger partial charge on any atom is -0.313 e. The summed E-state index contributed by atoms with van der Waals surface area (Å²) in [4.78, 5) is 9.77. The highest BCUT2D eigenvalue weighted by molar-refractivity contribution is 5.94. The average Bonchev–Trinajstić information content (AvgIpc) is 2.21. The molecule has 0 fully saturated rings. The molecule has 0 aliphatic heterocycles. The molecule has 0 atom stereocenters. The second-order valence-corrected chi connectivity index (χ2v) is 2.46. The van der Waals surface area contributed by atoms with Crippen LogP contribution in [0.3, 0.4) is 0 Å². The number of nitrogens with two attached hydrogens (primary N) is 1. The first-order valence-corrected chi connectivity index (χ1v) is 3.86. The van der Waals surface area contributed by atoms with E-state index in [1.165, 1.54) is 0 Å². The van der Waals surface area contributed by atoms with E-state index in [1.54, 1.807) is 19.4 Å². The molecule has 1 aromatic heterocycles. The van der Waals surface area contributed by atoms with Crippen molar-refractivity contribution in [2.45, 2.75) is 0 Å². The van der Waals surface area contributed by atoms with E-state index in [0.29, 0.717) is 5.96 Å². The second kappa shape index (κ2) is 4.42. The zero-order chi connectivity index (χ0) is 9.68. The highest BCUT2D eigenvalue weighted by atomic mass is 15.4. The van der Waals surface area contributed by atoms with Crippen molar-refractivity contribution < 1.29 is 0 Å². The molecular formula is C8H13N5. The number of aromatic nitrogens is 1. The molecule has 1 rings (SSSR count). The van der Waals surface area contributed by atoms with Crippen LogP contribution < -0.4 is 16.2 Å². The van der Waals surface area contributed by atoms with Crippen LogP contribution in [0.4, 0.5) is 5.69 Å². The van der Waals surface area contributed by atoms with Gasteiger partial charge in [-0.3, -0.25) is 15.4 Å². The number of aliphatic imine (C=N–C) groups is 1. The van der Waals surface area contributed by atoms with E-state index in [0.717, 1.165) is 5.69 Å². The molecule has 0 spiro atoms. The summed E-state index contributed by atoms with van der Waals surface area (Å²) in [5.41, 5.74) is 3.43. The van der Waals surface area contributed by atoms with Gasteiger partial charge in [-0.25, -0.2) is 5.84 Å². The second-order valence-electron chi connectivity index (χ2n) is 2.46. The Labute approximate surface area is 77.3 Å². The number of nitrogens with zero attached hydrogens (tertiary/aromatic N) is 3. The maximum atomic E-state index is 5.28. The van der Waals surface area contributed by atoms with Crippen molar-refractivity contribution in [2.24, 2.45) is 10.8 Å². The largest absolute Gasteiger partial charge is 0.313 e. The van der Waals surface area contributed by atoms with Gasteiger partial charge in [0.25, 0.3) is 0 Å². The summed E-state index contributed by atoms with van der Waals surface area (Å²) >= 11 is 0. The average molecular weight is 179 g/mol. The Hall–Kier alpha value is -1.62. The summed E-state index contributed by atoms with van der Waals surface area (Å²) in [6.07, 6.45) is 3.46. The molecule has 1 aromatic rings. The van der Waals surface area contributed by atoms with Gasteiger partial charge in [-0.15, -0.1) is 0 Å². The molecule has 70 valence electrons. The molecule has 13 heavy (non-hydrogen) atoms. The summed E-state index contributed by atoms with van der Waals surface area (Å²) in [5, 5.41) is 0. The quantitative estimate of drug-likeness (QED) is 0.275. The van der Waals surface area contributed by atoms with E-state index in [9.17, 15) is 0 Å². The van der Waals surface area contributed by atoms with Crippen molar-refractivity contribution in [3.63, 3.8) is 0 Å². The van der Waals surface area contributed by atoms with Gasteiger partial charge in [-0.1, -0.05) is 0 Å². The number of hydrazine groups is 1. The minimum atomic E-state index is 0.591. The summed E-state index contributed by atoms with van der Waals surface area (Å²) in [7, 11) is 3.53. The summed E-state index contributed by atoms with van der Waals surface area (Å²) in [6, 6.07) is 3.78. The van der Waals surface area contributed by atoms with E-state index < -0.39 is 0 Å². The van der Waals surface area contributed by atoms with E-state index in [4.69, 9.17) is 5.84 Å². The highest BCUT2D eigenvalue weighted by Gasteiger charge is 2.04. The molecule has 0 unspecified atom stereocenters. The van der Waals surface area contributed by atoms with Gasteiger partial charge in [0.2, 0.25) is 5.96 Å². The zero-order valence-electron chi connectivity index (χ0n) is 7.73. The Bertz CT molecular complexity index is 282. The third-order valence-corrected chi connectivity index (χ3v) is 1.69. The maximum absolute atomic E-state index is 5.28. The van der Waals surface area contributed by atoms with E-state index in [-0.39, 0.29) is 0 Å². The molecule has 0 radical (unpaired) electrons. The lowest BCUT2D eigenvalue weighted by Crippen LogP contribution is -2.42. The Morgan fingerprint density at radius 2 is 2.46 bits per heavy atom. The SMILES string of the molecule is CN=C(NN)N(C)c1cccnc1. The molecule has 0 aliphatic carbocycles. The number of hydrogen-bond donors (Lipinski definition) is 2. The van der Waals surface area contributed by atoms with Crippen molar-refractivity contribution in [3.05, 3.63) is 24.5 Å². The normalized spacial score (nSPS) is 11.2. The van der Waals surface area contributed by atoms with Crippen LogP contribution >= 0.6 is 0 Å². The lowest BCUT2D eigenvalue weighted by atomic mass is 10.4. The fourth-order valence-electron chi connectivity index (χ4n) is 0.986. The standard InChI is InChI=1S/C8H13N5/c1-10-8(12-9)13(2)7-4-3-5-11-6-7/h3-6H,9H2,1-2H3,(H,10,12). The molecular weight excluding hydrogens is 166 g/mol. The Morgan fingerprint density at radius 1 is 1.69 bits per heavy atom. The Balaban J connectivity index is 2.85. The van der Waals surface area contributed by atoms with E-state index >= 15 is 0 Å². The molecule has 0 aliphatic rings. The number of guanidine groups is 1. The molecule has 1 heterocycles. The van der Waals surface area contributed by atoms with Gasteiger partial charge in [-0.05, 0) is 12.1 Å². The van der Waals surface area contributed by atoms with Crippen LogP contribution in [0.1, 0.15) is 0 Å². The van der Waals surface area contributed by atoms with Crippen LogP contribution in [0, 0.1) is 0 Å². The van der Waals surface area contributed by atoms with Crippen LogP contribution in [0.15, 0.2) is 29.5 Å². The summed E-state index contributed by atoms with van der Waals surface area (Å²) < 4.78 is 0. The van der Waals surface area contributed by atoms with Gasteiger partial charge < -0.3 is 4.90 Å². The first-order chi connectivity index (χ1) is 6.29. The van der Waals surface area contributed by atoms with Gasteiger partial charge >= 0.3 is 0 Å². The van der Waals surface area contributed by atoms with Crippen molar-refractivity contribution in [1.29, 1.82) is 0 Å². The highest BCUT2D eigenvalue weighted by Crippen LogP contribution is 2.08. The van der Waals surface area contributed by atoms with Gasteiger partial charge in [0.05, 0.1) is 11.9 Å². The van der Waals surface area contributed by atoms with Crippen LogP contribution in [0.5, 0.6) is 0 Å². The monoisotopic (exact) mass is 179 g/mol. The van der Waals surface area contributed by atoms with Crippen LogP contribution in [0.2, 0.25) is 0 Å². The smallest absolute Gasteiger partial charge is 0.212 e. The van der Waals surface area contributed by atoms with E-state index in [1.807, 2.05) is 24.1 Å². The predicted molar refractivity (Wildman–Crippen MR) is 53.3 cm³/mol. The van der Waals surface area contributed by atoms with Crippen LogP contribution in [-0.4, -0.2) is 25.0 Å². The zero-order valence-corrected chi connectivity index (χ0v) is 7.73. The van der Waals surface area contributed by atoms with Gasteiger partial charge in [0.1, 0.15) is 0 Å². The molecule has 0 amide bonds. The minimum absolute atomic E-state index is 0.591. The number of hydrogen-bond acceptors (Lipinski definition) is 3. The summed E-state index contributed by atoms with van der Waals surface area (Å²) in [6.45, 7) is 0. The number of rotatable bonds is 1. The van der Waals surface area contributed by atoms with Gasteiger partial charge in [0, 0.05) is 20.3 Å². The molecule has 0 bridgehead atoms. The Kier molecular flexibility index (Phi) is 3.22. The van der Waals surface area contributed by atoms with Crippen molar-refractivity contribution in [2.75, 3.05) is 19.0 Å². The molecule has 5 nitrogen and oxygen atoms in total. The number of pyridine rings is 1. The van der Waals surface area contributed by atoms with Gasteiger partial charge in [0.15, 0.2) is 0 Å². The fraction of sp³-hybridized carbons (Fsp3) is 0.250. The lowest BCUT2D eigenvalue weighted by molar-refractivity contribution is 0.969. The fourth-order valence-corrected chi connectivity index (χ4v) is 0.986. The van der Waals surface area contributed by atoms with Crippen molar-refractivity contribution in [3.8, 4) is 0 Å². The molecule has 3 N–H and O–H groups in total. The van der Waals surface area contributed by atoms with Gasteiger partial charge in [-0.2, -0.15) is 0 Å². The molecule has 0 aromatic carbocycles. The topological polar surface area (TPSA) is 66.5 Å². The lowest BCUT2D eigenvalue weighted by Gasteiger charge is -2.19. The third kappa shape index (κ3) is 2.16. The summed E-state index contributed by atoms with van der Waals surface area (Å²) in [5.74, 6) is 5.87.